The summed E-state index contributed by atoms with van der Waals surface area (Å²) in [5, 5.41) is 213. The third-order valence-electron chi connectivity index (χ3n) is 20.3. The van der Waals surface area contributed by atoms with Crippen LogP contribution in [0.4, 0.5) is 79.6 Å². The minimum Gasteiger partial charge on any atom is 0 e. The van der Waals surface area contributed by atoms with Crippen LogP contribution in [-0.4, -0.2) is 137 Å². The van der Waals surface area contributed by atoms with Gasteiger partial charge in [0.15, 0.2) is 0 Å². The van der Waals surface area contributed by atoms with Crippen LogP contribution in [0.25, 0.3) is 53.9 Å². The quantitative estimate of drug-likeness (QED) is 0.00303. The molecule has 0 aliphatic heterocycles. The average molecular weight is 2140 g/mol. The first-order valence-corrected chi connectivity index (χ1v) is 47.4. The van der Waals surface area contributed by atoms with Crippen molar-refractivity contribution >= 4 is 182 Å². The summed E-state index contributed by atoms with van der Waals surface area (Å²) in [4.78, 5) is 85.8. The van der Waals surface area contributed by atoms with E-state index in [1.54, 1.807) is 84.9 Å². The number of aromatic hydroxyl groups is 10. The third-order valence-corrected chi connectivity index (χ3v) is 20.3. The van der Waals surface area contributed by atoms with E-state index < -0.39 is 76.9 Å². The van der Waals surface area contributed by atoms with E-state index in [1.807, 2.05) is 78.9 Å². The maximum atomic E-state index is 11.3. The molecular weight excluding hydrogens is 2060 g/mol. The van der Waals surface area contributed by atoms with Gasteiger partial charge in [0.05, 0.1) is 80.5 Å². The van der Waals surface area contributed by atoms with Crippen molar-refractivity contribution in [1.82, 2.24) is 0 Å². The number of rotatable bonds is 29. The fraction of sp³-hybridized carbons (Fsp3) is 0.110. The molecule has 0 radical (unpaired) electrons. The molecule has 47 heteroatoms. The minimum atomic E-state index is -1.62. The summed E-state index contributed by atoms with van der Waals surface area (Å²) in [6, 6.07) is 66.5. The smallest absolute Gasteiger partial charge is 0 e. The Morgan fingerprint density at radius 2 is 0.537 bits per heavy atom. The van der Waals surface area contributed by atoms with E-state index in [-0.39, 0.29) is 221 Å². The van der Waals surface area contributed by atoms with Crippen molar-refractivity contribution in [3.05, 3.63) is 365 Å². The molecule has 0 bridgehead atoms. The molecule has 15 aromatic rings. The summed E-state index contributed by atoms with van der Waals surface area (Å²) in [6.45, 7) is 9.00. The molecular formula is C100H88Cl3Cr2N14O28. The number of aliphatic hydroxyl groups excluding tert-OH is 2. The molecule has 147 heavy (non-hydrogen) atoms. The number of nitro groups is 5. The largest absolute Gasteiger partial charge is 0 e. The third kappa shape index (κ3) is 33.2. The van der Waals surface area contributed by atoms with E-state index >= 15 is 0 Å². The van der Waals surface area contributed by atoms with Crippen molar-refractivity contribution in [3.8, 4) is 57.5 Å². The van der Waals surface area contributed by atoms with E-state index in [2.05, 4.69) is 60.7 Å². The van der Waals surface area contributed by atoms with Crippen LogP contribution in [-0.2, 0) is 89.4 Å². The normalized spacial score (nSPS) is 10.7. The van der Waals surface area contributed by atoms with Crippen LogP contribution >= 0.6 is 30.1 Å². The molecule has 0 aromatic heterocycles. The molecule has 0 fully saturated rings. The molecule has 0 amide bonds. The van der Waals surface area contributed by atoms with Gasteiger partial charge in [0.25, 0.3) is 28.4 Å². The fourth-order valence-corrected chi connectivity index (χ4v) is 13.4. The molecule has 15 rings (SSSR count). The predicted molar refractivity (Wildman–Crippen MR) is 543 cm³/mol. The van der Waals surface area contributed by atoms with E-state index in [1.165, 1.54) is 54.6 Å². The molecule has 0 spiro atoms. The first-order chi connectivity index (χ1) is 69.4. The molecule has 759 valence electrons. The van der Waals surface area contributed by atoms with Crippen molar-refractivity contribution in [2.24, 2.45) is 40.9 Å². The van der Waals surface area contributed by atoms with Crippen molar-refractivity contribution in [3.63, 3.8) is 0 Å². The second-order valence-electron chi connectivity index (χ2n) is 29.6. The Morgan fingerprint density at radius 1 is 0.313 bits per heavy atom. The molecule has 0 unspecified atom stereocenters. The SMILES string of the molecule is C.C=CC(=O)OCCc1cc(N=Nc2c(O)ccc3ccccc23)c(O)cc1[N+](=O)[O-].C=CC(=O)OCCc1cc(N=Nc2c(O)ccc3ccccc23)c(O)cc1[N+](=O)[O-].C=CC(=O)OCCc1cc(N=Nc2c(O)ccc3ccccc23)c(O)cc1[N+](=O)[O-].Nc1cc(CCO)c([N+](=O)[O-])cc1O.O=[N+]([O-])c1cc(O)c(N=Nc2c(O)ccc3ccccc23)cc1CCO.Oc1ccc2ccccc2c1.[Cl][Cr]([Cl])[Cl].[Cr]. The zero-order chi connectivity index (χ0) is 106. The van der Waals surface area contributed by atoms with Crippen LogP contribution in [0.2, 0.25) is 0 Å². The number of aliphatic hydroxyl groups is 2. The average Bonchev–Trinajstić information content (AvgIpc) is 0.809. The number of nitrogens with zero attached hydrogens (tertiary/aromatic N) is 13. The minimum absolute atomic E-state index is 0. The molecule has 0 saturated heterocycles. The number of phenols is 10. The molecule has 14 N–H and O–H groups in total. The number of esters is 3. The topological polar surface area (TPSA) is 662 Å². The van der Waals surface area contributed by atoms with Gasteiger partial charge in [0.1, 0.15) is 103 Å². The van der Waals surface area contributed by atoms with Crippen molar-refractivity contribution in [2.45, 2.75) is 39.5 Å². The van der Waals surface area contributed by atoms with Crippen molar-refractivity contribution in [1.29, 1.82) is 0 Å². The molecule has 0 atom stereocenters. The van der Waals surface area contributed by atoms with Gasteiger partial charge >= 0.3 is 59.4 Å². The Labute approximate surface area is 861 Å². The number of ether oxygens (including phenoxy) is 3. The number of benzene rings is 15. The monoisotopic (exact) mass is 2140 g/mol. The first-order valence-electron chi connectivity index (χ1n) is 42.1. The second kappa shape index (κ2) is 56.8. The number of phenolic OH excluding ortho intramolecular Hbond substituents is 10. The van der Waals surface area contributed by atoms with Crippen LogP contribution in [0.5, 0.6) is 57.5 Å². The molecule has 0 saturated carbocycles. The van der Waals surface area contributed by atoms with E-state index in [9.17, 15) is 106 Å². The van der Waals surface area contributed by atoms with Gasteiger partial charge in [-0.2, -0.15) is 0 Å². The van der Waals surface area contributed by atoms with Gasteiger partial charge in [-0.1, -0.05) is 179 Å². The van der Waals surface area contributed by atoms with Gasteiger partial charge in [-0.15, -0.1) is 40.9 Å². The Bertz CT molecular complexity index is 7100. The first kappa shape index (κ1) is 116. The number of nitro benzene ring substituents is 5. The molecule has 15 aromatic carbocycles. The summed E-state index contributed by atoms with van der Waals surface area (Å²) < 4.78 is 14.6. The Morgan fingerprint density at radius 3 is 0.789 bits per heavy atom. The van der Waals surface area contributed by atoms with Crippen LogP contribution in [0, 0.1) is 50.6 Å². The zero-order valence-corrected chi connectivity index (χ0v) is 80.7. The Hall–Kier alpha value is -17.7. The zero-order valence-electron chi connectivity index (χ0n) is 75.8. The molecule has 0 heterocycles. The van der Waals surface area contributed by atoms with E-state index in [0.717, 1.165) is 80.9 Å². The summed E-state index contributed by atoms with van der Waals surface area (Å²) in [5.74, 6) is -4.09. The molecule has 0 aliphatic rings. The van der Waals surface area contributed by atoms with Crippen LogP contribution in [0.3, 0.4) is 0 Å². The van der Waals surface area contributed by atoms with E-state index in [0.29, 0.717) is 32.9 Å². The van der Waals surface area contributed by atoms with Gasteiger partial charge in [0.2, 0.25) is 0 Å². The van der Waals surface area contributed by atoms with Gasteiger partial charge in [-0.05, 0) is 99.0 Å². The number of nitrogen functional groups attached to an aromatic ring is 1. The summed E-state index contributed by atoms with van der Waals surface area (Å²) in [5.41, 5.74) is 5.77. The Balaban J connectivity index is 0.000000242. The van der Waals surface area contributed by atoms with Gasteiger partial charge in [-0.3, -0.25) is 50.6 Å². The maximum absolute atomic E-state index is 11.3. The van der Waals surface area contributed by atoms with Gasteiger partial charge in [0, 0.05) is 130 Å². The number of carbonyl (C=O) groups is 3. The van der Waals surface area contributed by atoms with Gasteiger partial charge in [-0.25, -0.2) is 14.4 Å². The molecule has 42 nitrogen and oxygen atoms in total. The molecule has 0 aliphatic carbocycles. The van der Waals surface area contributed by atoms with Gasteiger partial charge < -0.3 is 81.2 Å². The van der Waals surface area contributed by atoms with E-state index in [4.69, 9.17) is 70.5 Å². The summed E-state index contributed by atoms with van der Waals surface area (Å²) in [6.07, 6.45) is 3.22. The summed E-state index contributed by atoms with van der Waals surface area (Å²) in [7, 11) is 14.8. The van der Waals surface area contributed by atoms with Crippen LogP contribution in [0.15, 0.2) is 328 Å². The van der Waals surface area contributed by atoms with Crippen LogP contribution in [0.1, 0.15) is 35.2 Å². The number of azo groups is 4. The number of hydrogen-bond acceptors (Lipinski definition) is 37. The number of halogens is 3. The summed E-state index contributed by atoms with van der Waals surface area (Å²) >= 11 is -1.62. The Kier molecular flexibility index (Phi) is 44.9. The number of anilines is 1. The predicted octanol–water partition coefficient (Wildman–Crippen LogP) is 24.3. The number of fused-ring (bicyclic) bond motifs is 5. The van der Waals surface area contributed by atoms with Crippen molar-refractivity contribution < 1.29 is 143 Å². The fourth-order valence-electron chi connectivity index (χ4n) is 13.4. The van der Waals surface area contributed by atoms with Crippen LogP contribution < -0.4 is 5.73 Å². The number of hydrogen-bond donors (Lipinski definition) is 13. The number of nitrogens with two attached hydrogens (primary N) is 1. The second-order valence-corrected chi connectivity index (χ2v) is 36.0. The maximum Gasteiger partial charge on any atom is 0 e. The number of carbonyl (C=O) groups excluding carboxylic acids is 3. The standard InChI is InChI=1S/3C21H17N3O6.C18H15N3O5.C10H8O.C8H10N2O4.CH4.3ClH.2Cr/c3*1-2-20(27)30-10-9-14-11-16(19(26)12-17(14)24(28)29)22-23-21-15-6-4-3-5-13(15)7-8-18(21)25;22-8-7-12-9-14(17(24)10-15(12)21(25)26)19-20-18-13-4-2-1-3-11(13)5-6-16(18)23;11-10-6-5-8-3-1-2-4-9(8)7-10;9-6-3-5(1-2-11)7(10(13)14)4-8(6)12;;;;;;/h3*2-8,11-12,25-26H,1,9-10H2;1-6,9-10,22-24H,7-8H2;1-7,11H;3-4,11-12H,1-2,9H2;1H4;3*1H;;/q;;;;;;;;;;;+3/p-3. The van der Waals surface area contributed by atoms with Crippen molar-refractivity contribution in [2.75, 3.05) is 38.8 Å².